The Kier molecular flexibility index (Phi) is 281. The second-order valence-corrected chi connectivity index (χ2v) is 2.43. The Morgan fingerprint density at radius 1 is 0.769 bits per heavy atom. The maximum atomic E-state index is 8.72. The van der Waals surface area contributed by atoms with E-state index < -0.39 is 14.5 Å². The van der Waals surface area contributed by atoms with Crippen molar-refractivity contribution in [2.75, 3.05) is 0 Å². The normalized spacial score (nSPS) is 4.54. The minimum absolute atomic E-state index is 0. The van der Waals surface area contributed by atoms with Gasteiger partial charge in [0.05, 0.1) is 0 Å². The molecule has 0 amide bonds. The standard InChI is InChI=1S/AsH3O4.Na.7H2O/c2-1(3,4)5;;;;;;;;/h(H3,2,3,4,5);;7*1H2/q;+1;;;;;;;/p-2. The molecule has 0 saturated heterocycles. The fraction of sp³-hybridized carbons (Fsp3) is 0. The van der Waals surface area contributed by atoms with Gasteiger partial charge in [-0.2, -0.15) is 0 Å². The van der Waals surface area contributed by atoms with Crippen LogP contribution in [0.25, 0.3) is 0 Å². The molecule has 13 heteroatoms. The maximum Gasteiger partial charge on any atom is 1.00 e. The molecule has 13 heavy (non-hydrogen) atoms. The summed E-state index contributed by atoms with van der Waals surface area (Å²) in [7, 11) is 0. The van der Waals surface area contributed by atoms with E-state index in [2.05, 4.69) is 0 Å². The van der Waals surface area contributed by atoms with Crippen molar-refractivity contribution in [1.29, 1.82) is 0 Å². The van der Waals surface area contributed by atoms with Crippen molar-refractivity contribution in [1.82, 2.24) is 0 Å². The average molecular weight is 289 g/mol. The average Bonchev–Trinajstić information content (AvgIpc) is 0.722. The SMILES string of the molecule is O.O.O.O.O.O.O.O=[As]([O-])([O-])O.[Na+]. The molecule has 0 aromatic carbocycles. The van der Waals surface area contributed by atoms with Crippen LogP contribution in [0, 0.1) is 0 Å². The molecule has 0 unspecified atom stereocenters. The Balaban J connectivity index is -0.00000000286. The van der Waals surface area contributed by atoms with Gasteiger partial charge in [-0.1, -0.05) is 0 Å². The first kappa shape index (κ1) is 95.3. The molecule has 0 aromatic heterocycles. The van der Waals surface area contributed by atoms with E-state index >= 15 is 0 Å². The van der Waals surface area contributed by atoms with Gasteiger partial charge in [-0.3, -0.25) is 0 Å². The molecule has 0 heterocycles. The van der Waals surface area contributed by atoms with E-state index in [4.69, 9.17) is 16.0 Å². The molecule has 0 radical (unpaired) electrons. The molecular weight excluding hydrogens is 274 g/mol. The Morgan fingerprint density at radius 3 is 0.769 bits per heavy atom. The zero-order valence-electron chi connectivity index (χ0n) is 6.62. The first-order valence-corrected chi connectivity index (χ1v) is 3.89. The fourth-order valence-electron chi connectivity index (χ4n) is 0. The molecule has 0 aliphatic heterocycles. The van der Waals surface area contributed by atoms with Crippen LogP contribution in [0.3, 0.4) is 0 Å². The monoisotopic (exact) mass is 289 g/mol. The molecular formula is H15AsNaO11-. The smallest absolute Gasteiger partial charge is 1.00 e. The summed E-state index contributed by atoms with van der Waals surface area (Å²) in [6.45, 7) is 0. The van der Waals surface area contributed by atoms with Gasteiger partial charge in [0, 0.05) is 0 Å². The van der Waals surface area contributed by atoms with Crippen LogP contribution < -0.4 is 37.7 Å². The molecule has 0 aliphatic carbocycles. The van der Waals surface area contributed by atoms with Gasteiger partial charge in [0.1, 0.15) is 0 Å². The molecule has 15 N–H and O–H groups in total. The molecule has 0 aromatic rings. The van der Waals surface area contributed by atoms with Crippen molar-refractivity contribution in [3.05, 3.63) is 0 Å². The predicted molar refractivity (Wildman–Crippen MR) is 34.0 cm³/mol. The zero-order valence-corrected chi connectivity index (χ0v) is 10.5. The van der Waals surface area contributed by atoms with E-state index in [0.717, 1.165) is 0 Å². The van der Waals surface area contributed by atoms with E-state index in [9.17, 15) is 0 Å². The minimum Gasteiger partial charge on any atom is 1.00 e. The molecule has 0 saturated carbocycles. The largest absolute Gasteiger partial charge is 1.00 e. The summed E-state index contributed by atoms with van der Waals surface area (Å²) in [5.41, 5.74) is 0. The van der Waals surface area contributed by atoms with Gasteiger partial charge in [-0.05, 0) is 0 Å². The van der Waals surface area contributed by atoms with Crippen LogP contribution in [0.4, 0.5) is 0 Å². The third kappa shape index (κ3) is 1690. The molecule has 0 rings (SSSR count). The third-order valence-corrected chi connectivity index (χ3v) is 0. The van der Waals surface area contributed by atoms with Crippen LogP contribution in [0.1, 0.15) is 0 Å². The zero-order chi connectivity index (χ0) is 4.50. The minimum atomic E-state index is -5.62. The van der Waals surface area contributed by atoms with Crippen LogP contribution in [0.15, 0.2) is 0 Å². The van der Waals surface area contributed by atoms with E-state index in [0.29, 0.717) is 0 Å². The molecule has 0 spiro atoms. The summed E-state index contributed by atoms with van der Waals surface area (Å²) < 4.78 is 33.2. The predicted octanol–water partition coefficient (Wildman–Crippen LogP) is -12.2. The molecule has 0 atom stereocenters. The van der Waals surface area contributed by atoms with Gasteiger partial charge in [0.25, 0.3) is 0 Å². The molecule has 0 aliphatic rings. The summed E-state index contributed by atoms with van der Waals surface area (Å²) in [6.07, 6.45) is 0. The van der Waals surface area contributed by atoms with Crippen molar-refractivity contribution in [2.24, 2.45) is 0 Å². The van der Waals surface area contributed by atoms with E-state index in [-0.39, 0.29) is 67.9 Å². The van der Waals surface area contributed by atoms with Gasteiger partial charge in [0.2, 0.25) is 0 Å². The summed E-state index contributed by atoms with van der Waals surface area (Å²) in [6, 6.07) is 0. The van der Waals surface area contributed by atoms with Crippen LogP contribution in [-0.4, -0.2) is 56.9 Å². The Bertz CT molecular complexity index is 56.2. The van der Waals surface area contributed by atoms with Crippen molar-refractivity contribution >= 4 is 14.5 Å². The van der Waals surface area contributed by atoms with Crippen molar-refractivity contribution in [2.45, 2.75) is 0 Å². The van der Waals surface area contributed by atoms with Crippen molar-refractivity contribution in [3.8, 4) is 0 Å². The third-order valence-electron chi connectivity index (χ3n) is 0. The second-order valence-electron chi connectivity index (χ2n) is 0.469. The van der Waals surface area contributed by atoms with Crippen molar-refractivity contribution in [3.63, 3.8) is 0 Å². The van der Waals surface area contributed by atoms with Gasteiger partial charge in [-0.25, -0.2) is 0 Å². The first-order valence-electron chi connectivity index (χ1n) is 0.748. The number of rotatable bonds is 0. The van der Waals surface area contributed by atoms with E-state index in [1.165, 1.54) is 0 Å². The Morgan fingerprint density at radius 2 is 0.769 bits per heavy atom. The van der Waals surface area contributed by atoms with Gasteiger partial charge < -0.3 is 38.3 Å². The van der Waals surface area contributed by atoms with Gasteiger partial charge in [-0.15, -0.1) is 0 Å². The Hall–Kier alpha value is 0.958. The second kappa shape index (κ2) is 38.3. The van der Waals surface area contributed by atoms with Crippen LogP contribution in [0.5, 0.6) is 0 Å². The summed E-state index contributed by atoms with van der Waals surface area (Å²) in [5, 5.41) is 0. The molecule has 11 nitrogen and oxygen atoms in total. The van der Waals surface area contributed by atoms with Gasteiger partial charge in [0.15, 0.2) is 0 Å². The maximum absolute atomic E-state index is 8.72. The van der Waals surface area contributed by atoms with Crippen LogP contribution in [0.2, 0.25) is 0 Å². The first-order chi connectivity index (χ1) is 2.00. The topological polar surface area (TPSA) is 304 Å². The van der Waals surface area contributed by atoms with Gasteiger partial charge >= 0.3 is 60.1 Å². The molecule has 0 fully saturated rings. The van der Waals surface area contributed by atoms with Crippen LogP contribution >= 0.6 is 0 Å². The quantitative estimate of drug-likeness (QED) is 0.424. The number of hydrogen-bond donors (Lipinski definition) is 1. The van der Waals surface area contributed by atoms with Crippen molar-refractivity contribution < 1.29 is 83.9 Å². The fourth-order valence-corrected chi connectivity index (χ4v) is 0. The van der Waals surface area contributed by atoms with Crippen LogP contribution in [-0.2, 0) is 3.74 Å². The Labute approximate surface area is 98.2 Å². The summed E-state index contributed by atoms with van der Waals surface area (Å²) in [4.78, 5) is 0. The summed E-state index contributed by atoms with van der Waals surface area (Å²) >= 11 is -5.62. The number of hydrogen-bond acceptors (Lipinski definition) is 3. The molecule has 0 bridgehead atoms. The summed E-state index contributed by atoms with van der Waals surface area (Å²) in [5.74, 6) is 0. The van der Waals surface area contributed by atoms with E-state index in [1.807, 2.05) is 0 Å². The molecule has 88 valence electrons. The van der Waals surface area contributed by atoms with E-state index in [1.54, 1.807) is 0 Å².